The molecule has 0 spiro atoms. The largest absolute Gasteiger partial charge is 0.396 e. The van der Waals surface area contributed by atoms with Crippen LogP contribution in [0.5, 0.6) is 0 Å². The van der Waals surface area contributed by atoms with Crippen molar-refractivity contribution in [2.75, 3.05) is 26.7 Å². The second-order valence-corrected chi connectivity index (χ2v) is 4.84. The molecule has 3 atom stereocenters. The van der Waals surface area contributed by atoms with Crippen LogP contribution in [0.2, 0.25) is 0 Å². The molecule has 0 aliphatic heterocycles. The number of hydrogen-bond acceptors (Lipinski definition) is 5. The van der Waals surface area contributed by atoms with Gasteiger partial charge in [-0.25, -0.2) is 0 Å². The molecule has 6 nitrogen and oxygen atoms in total. The maximum atomic E-state index is 11.0. The predicted molar refractivity (Wildman–Crippen MR) is 73.7 cm³/mol. The zero-order chi connectivity index (χ0) is 14.7. The molecule has 0 saturated heterocycles. The zero-order valence-corrected chi connectivity index (χ0v) is 11.9. The third-order valence-electron chi connectivity index (χ3n) is 3.28. The molecule has 0 aromatic heterocycles. The van der Waals surface area contributed by atoms with Gasteiger partial charge in [0, 0.05) is 32.5 Å². The SMILES string of the molecule is CNC(=O)CCCCNCC(O)C(C)C(O)CCO. The number of carbonyl (C=O) groups is 1. The second kappa shape index (κ2) is 11.2. The third-order valence-corrected chi connectivity index (χ3v) is 3.28. The molecule has 0 aromatic carbocycles. The van der Waals surface area contributed by atoms with Crippen molar-refractivity contribution >= 4 is 5.91 Å². The molecule has 5 N–H and O–H groups in total. The number of hydrogen-bond donors (Lipinski definition) is 5. The number of unbranched alkanes of at least 4 members (excludes halogenated alkanes) is 1. The summed E-state index contributed by atoms with van der Waals surface area (Å²) in [5.74, 6) is -0.230. The van der Waals surface area contributed by atoms with Gasteiger partial charge in [-0.1, -0.05) is 6.92 Å². The van der Waals surface area contributed by atoms with Crippen LogP contribution in [0.1, 0.15) is 32.6 Å². The highest BCUT2D eigenvalue weighted by Crippen LogP contribution is 2.11. The number of rotatable bonds is 11. The quantitative estimate of drug-likeness (QED) is 0.319. The fourth-order valence-corrected chi connectivity index (χ4v) is 1.75. The topological polar surface area (TPSA) is 102 Å². The van der Waals surface area contributed by atoms with E-state index in [1.165, 1.54) is 0 Å². The minimum atomic E-state index is -0.685. The average Bonchev–Trinajstić information content (AvgIpc) is 2.41. The lowest BCUT2D eigenvalue weighted by Crippen LogP contribution is -2.38. The molecule has 0 fully saturated rings. The molecule has 0 bridgehead atoms. The van der Waals surface area contributed by atoms with E-state index in [2.05, 4.69) is 10.6 Å². The van der Waals surface area contributed by atoms with Gasteiger partial charge in [-0.15, -0.1) is 0 Å². The van der Waals surface area contributed by atoms with Crippen LogP contribution < -0.4 is 10.6 Å². The van der Waals surface area contributed by atoms with Gasteiger partial charge in [-0.05, 0) is 25.8 Å². The number of nitrogens with one attached hydrogen (secondary N) is 2. The minimum absolute atomic E-state index is 0.0424. The van der Waals surface area contributed by atoms with Crippen molar-refractivity contribution in [2.24, 2.45) is 5.92 Å². The van der Waals surface area contributed by atoms with E-state index in [1.807, 2.05) is 0 Å². The van der Waals surface area contributed by atoms with Crippen LogP contribution in [0.3, 0.4) is 0 Å². The summed E-state index contributed by atoms with van der Waals surface area (Å²) in [6.45, 7) is 2.82. The van der Waals surface area contributed by atoms with Gasteiger partial charge >= 0.3 is 0 Å². The van der Waals surface area contributed by atoms with Crippen molar-refractivity contribution in [3.8, 4) is 0 Å². The van der Waals surface area contributed by atoms with E-state index in [9.17, 15) is 15.0 Å². The summed E-state index contributed by atoms with van der Waals surface area (Å²) in [6, 6.07) is 0. The van der Waals surface area contributed by atoms with Gasteiger partial charge in [0.1, 0.15) is 0 Å². The Morgan fingerprint density at radius 3 is 2.47 bits per heavy atom. The normalized spacial score (nSPS) is 15.8. The first-order valence-electron chi connectivity index (χ1n) is 6.91. The van der Waals surface area contributed by atoms with Crippen LogP contribution in [0.25, 0.3) is 0 Å². The molecule has 0 saturated carbocycles. The summed E-state index contributed by atoms with van der Waals surface area (Å²) in [4.78, 5) is 11.0. The van der Waals surface area contributed by atoms with Crippen molar-refractivity contribution in [1.82, 2.24) is 10.6 Å². The smallest absolute Gasteiger partial charge is 0.219 e. The van der Waals surface area contributed by atoms with Crippen molar-refractivity contribution in [1.29, 1.82) is 0 Å². The highest BCUT2D eigenvalue weighted by molar-refractivity contribution is 5.75. The molecule has 0 aliphatic rings. The van der Waals surface area contributed by atoms with Gasteiger partial charge < -0.3 is 26.0 Å². The van der Waals surface area contributed by atoms with Crippen LogP contribution in [0.4, 0.5) is 0 Å². The Morgan fingerprint density at radius 1 is 1.21 bits per heavy atom. The van der Waals surface area contributed by atoms with Crippen molar-refractivity contribution in [2.45, 2.75) is 44.8 Å². The van der Waals surface area contributed by atoms with E-state index in [4.69, 9.17) is 5.11 Å². The summed E-state index contributed by atoms with van der Waals surface area (Å²) in [7, 11) is 1.62. The summed E-state index contributed by atoms with van der Waals surface area (Å²) in [5.41, 5.74) is 0. The fourth-order valence-electron chi connectivity index (χ4n) is 1.75. The summed E-state index contributed by atoms with van der Waals surface area (Å²) < 4.78 is 0. The van der Waals surface area contributed by atoms with Gasteiger partial charge in [-0.3, -0.25) is 4.79 Å². The maximum Gasteiger partial charge on any atom is 0.219 e. The highest BCUT2D eigenvalue weighted by Gasteiger charge is 2.21. The fraction of sp³-hybridized carbons (Fsp3) is 0.923. The lowest BCUT2D eigenvalue weighted by molar-refractivity contribution is -0.120. The number of carbonyl (C=O) groups excluding carboxylic acids is 1. The lowest BCUT2D eigenvalue weighted by atomic mass is 9.96. The first-order chi connectivity index (χ1) is 9.02. The molecule has 0 aromatic rings. The third kappa shape index (κ3) is 8.93. The maximum absolute atomic E-state index is 11.0. The molecule has 0 rings (SSSR count). The molecular formula is C13H28N2O4. The van der Waals surface area contributed by atoms with E-state index >= 15 is 0 Å². The molecule has 19 heavy (non-hydrogen) atoms. The van der Waals surface area contributed by atoms with Crippen molar-refractivity contribution < 1.29 is 20.1 Å². The highest BCUT2D eigenvalue weighted by atomic mass is 16.3. The van der Waals surface area contributed by atoms with Gasteiger partial charge in [0.25, 0.3) is 0 Å². The van der Waals surface area contributed by atoms with Crippen molar-refractivity contribution in [3.05, 3.63) is 0 Å². The lowest BCUT2D eigenvalue weighted by Gasteiger charge is -2.23. The molecule has 0 aliphatic carbocycles. The van der Waals surface area contributed by atoms with E-state index in [1.54, 1.807) is 14.0 Å². The Balaban J connectivity index is 3.57. The van der Waals surface area contributed by atoms with Crippen molar-refractivity contribution in [3.63, 3.8) is 0 Å². The molecule has 0 radical (unpaired) electrons. The Hall–Kier alpha value is -0.690. The second-order valence-electron chi connectivity index (χ2n) is 4.84. The van der Waals surface area contributed by atoms with Gasteiger partial charge in [0.15, 0.2) is 0 Å². The zero-order valence-electron chi connectivity index (χ0n) is 11.9. The van der Waals surface area contributed by atoms with Crippen LogP contribution in [-0.4, -0.2) is 60.2 Å². The van der Waals surface area contributed by atoms with Crippen LogP contribution >= 0.6 is 0 Å². The Morgan fingerprint density at radius 2 is 1.89 bits per heavy atom. The van der Waals surface area contributed by atoms with Gasteiger partial charge in [0.2, 0.25) is 5.91 Å². The Bertz CT molecular complexity index is 239. The number of aliphatic hydroxyl groups is 3. The molecule has 3 unspecified atom stereocenters. The van der Waals surface area contributed by atoms with E-state index in [0.717, 1.165) is 19.4 Å². The van der Waals surface area contributed by atoms with Gasteiger partial charge in [-0.2, -0.15) is 0 Å². The molecular weight excluding hydrogens is 248 g/mol. The monoisotopic (exact) mass is 276 g/mol. The first-order valence-corrected chi connectivity index (χ1v) is 6.91. The summed E-state index contributed by atoms with van der Waals surface area (Å²) in [5, 5.41) is 33.8. The van der Waals surface area contributed by atoms with Crippen LogP contribution in [0.15, 0.2) is 0 Å². The van der Waals surface area contributed by atoms with Crippen LogP contribution in [-0.2, 0) is 4.79 Å². The molecule has 0 heterocycles. The standard InChI is InChI=1S/C13H28N2O4/c1-10(11(17)6-8-16)12(18)9-15-7-4-3-5-13(19)14-2/h10-12,15-18H,3-9H2,1-2H3,(H,14,19). The van der Waals surface area contributed by atoms with E-state index in [-0.39, 0.29) is 24.9 Å². The Labute approximate surface area is 115 Å². The van der Waals surface area contributed by atoms with E-state index in [0.29, 0.717) is 13.0 Å². The number of amides is 1. The summed E-state index contributed by atoms with van der Waals surface area (Å²) in [6.07, 6.45) is 1.16. The molecule has 114 valence electrons. The van der Waals surface area contributed by atoms with Gasteiger partial charge in [0.05, 0.1) is 12.2 Å². The Kier molecular flexibility index (Phi) is 10.8. The predicted octanol–water partition coefficient (Wildman–Crippen LogP) is -0.767. The van der Waals surface area contributed by atoms with E-state index < -0.39 is 12.2 Å². The molecule has 1 amide bonds. The molecule has 6 heteroatoms. The first kappa shape index (κ1) is 18.3. The van der Waals surface area contributed by atoms with Crippen LogP contribution in [0, 0.1) is 5.92 Å². The number of aliphatic hydroxyl groups excluding tert-OH is 3. The average molecular weight is 276 g/mol. The minimum Gasteiger partial charge on any atom is -0.396 e. The summed E-state index contributed by atoms with van der Waals surface area (Å²) >= 11 is 0.